The molecule has 1 heterocycles. The summed E-state index contributed by atoms with van der Waals surface area (Å²) in [7, 11) is 0.372. The lowest BCUT2D eigenvalue weighted by atomic mass is 10.2. The van der Waals surface area contributed by atoms with E-state index in [1.807, 2.05) is 5.38 Å². The van der Waals surface area contributed by atoms with Crippen molar-refractivity contribution in [3.63, 3.8) is 0 Å². The van der Waals surface area contributed by atoms with Gasteiger partial charge in [-0.3, -0.25) is 9.00 Å². The molecule has 1 amide bonds. The summed E-state index contributed by atoms with van der Waals surface area (Å²) >= 11 is 1.58. The second kappa shape index (κ2) is 9.27. The Kier molecular flexibility index (Phi) is 8.06. The van der Waals surface area contributed by atoms with Gasteiger partial charge in [-0.15, -0.1) is 11.3 Å². The van der Waals surface area contributed by atoms with Crippen molar-refractivity contribution in [2.75, 3.05) is 20.3 Å². The first-order chi connectivity index (χ1) is 9.95. The SMILES string of the molecule is COCCCNC(=O)[C@@H](C)[S@](=O)Cc1csc(C(C)C)n1. The zero-order valence-electron chi connectivity index (χ0n) is 13.0. The van der Waals surface area contributed by atoms with Crippen LogP contribution in [0.15, 0.2) is 5.38 Å². The summed E-state index contributed by atoms with van der Waals surface area (Å²) in [6, 6.07) is 0. The lowest BCUT2D eigenvalue weighted by Crippen LogP contribution is -2.36. The molecule has 0 radical (unpaired) electrons. The molecule has 0 bridgehead atoms. The number of carbonyl (C=O) groups excluding carboxylic acids is 1. The minimum atomic E-state index is -1.25. The first kappa shape index (κ1) is 18.3. The molecule has 5 nitrogen and oxygen atoms in total. The van der Waals surface area contributed by atoms with Crippen molar-refractivity contribution >= 4 is 28.0 Å². The van der Waals surface area contributed by atoms with Gasteiger partial charge in [0.25, 0.3) is 0 Å². The van der Waals surface area contributed by atoms with E-state index in [4.69, 9.17) is 4.74 Å². The number of thiazole rings is 1. The van der Waals surface area contributed by atoms with Crippen molar-refractivity contribution in [1.82, 2.24) is 10.3 Å². The molecule has 21 heavy (non-hydrogen) atoms. The van der Waals surface area contributed by atoms with Crippen LogP contribution in [-0.2, 0) is 26.1 Å². The molecule has 0 saturated heterocycles. The van der Waals surface area contributed by atoms with Crippen molar-refractivity contribution in [3.05, 3.63) is 16.1 Å². The van der Waals surface area contributed by atoms with Crippen molar-refractivity contribution in [1.29, 1.82) is 0 Å². The van der Waals surface area contributed by atoms with Crippen molar-refractivity contribution in [3.8, 4) is 0 Å². The fourth-order valence-electron chi connectivity index (χ4n) is 1.62. The topological polar surface area (TPSA) is 68.3 Å². The Hall–Kier alpha value is -0.790. The Bertz CT molecular complexity index is 475. The maximum Gasteiger partial charge on any atom is 0.235 e. The average Bonchev–Trinajstić information content (AvgIpc) is 2.91. The molecule has 0 saturated carbocycles. The Balaban J connectivity index is 2.44. The average molecular weight is 332 g/mol. The maximum atomic E-state index is 12.2. The van der Waals surface area contributed by atoms with E-state index in [1.165, 1.54) is 0 Å². The summed E-state index contributed by atoms with van der Waals surface area (Å²) in [5, 5.41) is 5.21. The standard InChI is InChI=1S/C14H24N2O3S2/c1-10(2)14-16-12(8-20-14)9-21(18)11(3)13(17)15-6-5-7-19-4/h8,10-11H,5-7,9H2,1-4H3,(H,15,17)/t11-,21-/m1/s1. The fourth-order valence-corrected chi connectivity index (χ4v) is 3.57. The van der Waals surface area contributed by atoms with Gasteiger partial charge in [0.2, 0.25) is 5.91 Å². The van der Waals surface area contributed by atoms with E-state index in [1.54, 1.807) is 25.4 Å². The highest BCUT2D eigenvalue weighted by Gasteiger charge is 2.20. The summed E-state index contributed by atoms with van der Waals surface area (Å²) in [5.74, 6) is 0.526. The summed E-state index contributed by atoms with van der Waals surface area (Å²) in [5.41, 5.74) is 0.807. The van der Waals surface area contributed by atoms with Crippen molar-refractivity contribution in [2.24, 2.45) is 0 Å². The summed E-state index contributed by atoms with van der Waals surface area (Å²) in [4.78, 5) is 16.3. The third kappa shape index (κ3) is 6.23. The van der Waals surface area contributed by atoms with E-state index >= 15 is 0 Å². The van der Waals surface area contributed by atoms with Crippen LogP contribution < -0.4 is 5.32 Å². The molecular formula is C14H24N2O3S2. The van der Waals surface area contributed by atoms with Crippen LogP contribution in [0.2, 0.25) is 0 Å². The van der Waals surface area contributed by atoms with Crippen LogP contribution in [-0.4, -0.2) is 40.6 Å². The number of carbonyl (C=O) groups is 1. The summed E-state index contributed by atoms with van der Waals surface area (Å²) in [6.45, 7) is 7.00. The molecule has 7 heteroatoms. The van der Waals surface area contributed by atoms with E-state index in [0.717, 1.165) is 17.1 Å². The molecule has 0 aliphatic heterocycles. The number of hydrogen-bond acceptors (Lipinski definition) is 5. The lowest BCUT2D eigenvalue weighted by Gasteiger charge is -2.11. The van der Waals surface area contributed by atoms with E-state index in [-0.39, 0.29) is 5.91 Å². The predicted molar refractivity (Wildman–Crippen MR) is 87.0 cm³/mol. The third-order valence-corrected chi connectivity index (χ3v) is 5.72. The number of hydrogen-bond donors (Lipinski definition) is 1. The summed E-state index contributed by atoms with van der Waals surface area (Å²) < 4.78 is 17.1. The molecule has 0 aliphatic rings. The Morgan fingerprint density at radius 3 is 2.76 bits per heavy atom. The predicted octanol–water partition coefficient (Wildman–Crippen LogP) is 2.06. The van der Waals surface area contributed by atoms with E-state index in [0.29, 0.717) is 24.8 Å². The molecular weight excluding hydrogens is 308 g/mol. The molecule has 2 atom stereocenters. The molecule has 0 aromatic carbocycles. The van der Waals surface area contributed by atoms with E-state index in [2.05, 4.69) is 24.1 Å². The van der Waals surface area contributed by atoms with Crippen LogP contribution in [0, 0.1) is 0 Å². The Labute approximate surface area is 133 Å². The number of nitrogens with one attached hydrogen (secondary N) is 1. The van der Waals surface area contributed by atoms with Crippen LogP contribution >= 0.6 is 11.3 Å². The number of aromatic nitrogens is 1. The minimum Gasteiger partial charge on any atom is -0.385 e. The highest BCUT2D eigenvalue weighted by molar-refractivity contribution is 7.85. The molecule has 1 N–H and O–H groups in total. The monoisotopic (exact) mass is 332 g/mol. The number of ether oxygens (including phenoxy) is 1. The Morgan fingerprint density at radius 1 is 1.48 bits per heavy atom. The molecule has 120 valence electrons. The normalized spacial score (nSPS) is 14.1. The highest BCUT2D eigenvalue weighted by atomic mass is 32.2. The number of methoxy groups -OCH3 is 1. The second-order valence-corrected chi connectivity index (χ2v) is 7.78. The fraction of sp³-hybridized carbons (Fsp3) is 0.714. The smallest absolute Gasteiger partial charge is 0.235 e. The van der Waals surface area contributed by atoms with Crippen molar-refractivity contribution < 1.29 is 13.7 Å². The molecule has 1 aromatic heterocycles. The first-order valence-corrected chi connectivity index (χ1v) is 9.30. The molecule has 0 fully saturated rings. The largest absolute Gasteiger partial charge is 0.385 e. The lowest BCUT2D eigenvalue weighted by molar-refractivity contribution is -0.120. The quantitative estimate of drug-likeness (QED) is 0.703. The van der Waals surface area contributed by atoms with Crippen LogP contribution in [0.5, 0.6) is 0 Å². The van der Waals surface area contributed by atoms with Gasteiger partial charge in [0, 0.05) is 42.4 Å². The van der Waals surface area contributed by atoms with Gasteiger partial charge in [-0.25, -0.2) is 4.98 Å². The van der Waals surface area contributed by atoms with Gasteiger partial charge in [-0.2, -0.15) is 0 Å². The van der Waals surface area contributed by atoms with Gasteiger partial charge in [-0.05, 0) is 13.3 Å². The van der Waals surface area contributed by atoms with E-state index < -0.39 is 16.0 Å². The first-order valence-electron chi connectivity index (χ1n) is 7.03. The van der Waals surface area contributed by atoms with Gasteiger partial charge in [-0.1, -0.05) is 13.8 Å². The molecule has 0 aliphatic carbocycles. The van der Waals surface area contributed by atoms with Gasteiger partial charge < -0.3 is 10.1 Å². The number of amides is 1. The minimum absolute atomic E-state index is 0.177. The van der Waals surface area contributed by atoms with Gasteiger partial charge in [0.05, 0.1) is 16.5 Å². The van der Waals surface area contributed by atoms with Crippen molar-refractivity contribution in [2.45, 2.75) is 44.1 Å². The van der Waals surface area contributed by atoms with Crippen LogP contribution in [0.4, 0.5) is 0 Å². The zero-order chi connectivity index (χ0) is 15.8. The van der Waals surface area contributed by atoms with Crippen LogP contribution in [0.25, 0.3) is 0 Å². The molecule has 1 rings (SSSR count). The van der Waals surface area contributed by atoms with Gasteiger partial charge in [0.1, 0.15) is 5.25 Å². The molecule has 1 aromatic rings. The maximum absolute atomic E-state index is 12.2. The molecule has 0 spiro atoms. The van der Waals surface area contributed by atoms with E-state index in [9.17, 15) is 9.00 Å². The number of nitrogens with zero attached hydrogens (tertiary/aromatic N) is 1. The molecule has 0 unspecified atom stereocenters. The van der Waals surface area contributed by atoms with Crippen LogP contribution in [0.1, 0.15) is 43.8 Å². The zero-order valence-corrected chi connectivity index (χ0v) is 14.7. The number of rotatable bonds is 9. The van der Waals surface area contributed by atoms with Crippen LogP contribution in [0.3, 0.4) is 0 Å². The van der Waals surface area contributed by atoms with Gasteiger partial charge in [0.15, 0.2) is 0 Å². The third-order valence-electron chi connectivity index (χ3n) is 2.94. The Morgan fingerprint density at radius 2 is 2.19 bits per heavy atom. The highest BCUT2D eigenvalue weighted by Crippen LogP contribution is 2.20. The van der Waals surface area contributed by atoms with Gasteiger partial charge >= 0.3 is 0 Å². The summed E-state index contributed by atoms with van der Waals surface area (Å²) in [6.07, 6.45) is 0.755. The second-order valence-electron chi connectivity index (χ2n) is 5.14.